The minimum Gasteiger partial charge on any atom is -0.306 e. The van der Waals surface area contributed by atoms with E-state index in [0.29, 0.717) is 19.4 Å². The van der Waals surface area contributed by atoms with Crippen molar-refractivity contribution in [2.45, 2.75) is 69.9 Å². The molecule has 1 aliphatic carbocycles. The third kappa shape index (κ3) is 6.92. The number of nitrogens with one attached hydrogen (secondary N) is 1. The van der Waals surface area contributed by atoms with Crippen molar-refractivity contribution in [2.24, 2.45) is 0 Å². The highest BCUT2D eigenvalue weighted by molar-refractivity contribution is 7.89. The second-order valence-corrected chi connectivity index (χ2v) is 12.7. The van der Waals surface area contributed by atoms with Gasteiger partial charge in [0.05, 0.1) is 17.1 Å². The van der Waals surface area contributed by atoms with E-state index in [2.05, 4.69) is 16.6 Å². The molecule has 0 spiro atoms. The predicted molar refractivity (Wildman–Crippen MR) is 163 cm³/mol. The molecule has 0 saturated carbocycles. The number of anilines is 1. The summed E-state index contributed by atoms with van der Waals surface area (Å²) in [5.74, 6) is 0.0421. The highest BCUT2D eigenvalue weighted by Crippen LogP contribution is 2.35. The van der Waals surface area contributed by atoms with E-state index in [-0.39, 0.29) is 22.8 Å². The van der Waals surface area contributed by atoms with Crippen molar-refractivity contribution in [3.8, 4) is 0 Å². The van der Waals surface area contributed by atoms with Crippen molar-refractivity contribution in [1.82, 2.24) is 9.71 Å². The van der Waals surface area contributed by atoms with Crippen molar-refractivity contribution in [3.63, 3.8) is 0 Å². The molecule has 212 valence electrons. The van der Waals surface area contributed by atoms with E-state index in [1.165, 1.54) is 0 Å². The summed E-state index contributed by atoms with van der Waals surface area (Å²) in [4.78, 5) is 20.6. The number of aromatic nitrogens is 1. The van der Waals surface area contributed by atoms with E-state index in [0.717, 1.165) is 52.2 Å². The largest absolute Gasteiger partial charge is 0.306 e. The van der Waals surface area contributed by atoms with Gasteiger partial charge in [-0.1, -0.05) is 61.5 Å². The zero-order chi connectivity index (χ0) is 29.0. The zero-order valence-electron chi connectivity index (χ0n) is 23.9. The number of pyridine rings is 1. The minimum absolute atomic E-state index is 0.00249. The molecule has 0 radical (unpaired) electrons. The van der Waals surface area contributed by atoms with Crippen LogP contribution in [0.4, 0.5) is 5.69 Å². The van der Waals surface area contributed by atoms with Gasteiger partial charge in [0.15, 0.2) is 0 Å². The lowest BCUT2D eigenvalue weighted by Crippen LogP contribution is -2.33. The number of rotatable bonds is 9. The summed E-state index contributed by atoms with van der Waals surface area (Å²) in [5.41, 5.74) is 6.49. The Morgan fingerprint density at radius 2 is 1.76 bits per heavy atom. The van der Waals surface area contributed by atoms with E-state index >= 15 is 0 Å². The summed E-state index contributed by atoms with van der Waals surface area (Å²) in [6.45, 7) is 6.23. The molecule has 1 amide bonds. The minimum atomic E-state index is -3.71. The summed E-state index contributed by atoms with van der Waals surface area (Å²) in [6, 6.07) is 28.5. The summed E-state index contributed by atoms with van der Waals surface area (Å²) in [6.07, 6.45) is 2.80. The lowest BCUT2D eigenvalue weighted by atomic mass is 9.87. The number of hydrogen-bond donors (Lipinski definition) is 1. The highest BCUT2D eigenvalue weighted by atomic mass is 32.2. The predicted octanol–water partition coefficient (Wildman–Crippen LogP) is 6.78. The second kappa shape index (κ2) is 12.4. The Hall–Kier alpha value is -3.81. The topological polar surface area (TPSA) is 79.4 Å². The fourth-order valence-electron chi connectivity index (χ4n) is 5.56. The highest BCUT2D eigenvalue weighted by Gasteiger charge is 2.28. The Bertz CT molecular complexity index is 1640. The van der Waals surface area contributed by atoms with Gasteiger partial charge in [0, 0.05) is 23.8 Å². The molecule has 1 heterocycles. The molecule has 0 unspecified atom stereocenters. The number of aryl methyl sites for hydroxylation is 3. The van der Waals surface area contributed by atoms with Gasteiger partial charge in [0.25, 0.3) is 0 Å². The third-order valence-corrected chi connectivity index (χ3v) is 9.24. The normalized spacial score (nSPS) is 15.6. The summed E-state index contributed by atoms with van der Waals surface area (Å²) >= 11 is 0. The Balaban J connectivity index is 1.47. The van der Waals surface area contributed by atoms with Gasteiger partial charge >= 0.3 is 0 Å². The van der Waals surface area contributed by atoms with E-state index in [1.807, 2.05) is 86.6 Å². The summed E-state index contributed by atoms with van der Waals surface area (Å²) in [5, 5.41) is 0. The quantitative estimate of drug-likeness (QED) is 0.242. The molecule has 5 rings (SSSR count). The Morgan fingerprint density at radius 1 is 0.976 bits per heavy atom. The molecule has 41 heavy (non-hydrogen) atoms. The molecule has 3 aromatic carbocycles. The lowest BCUT2D eigenvalue weighted by molar-refractivity contribution is -0.119. The first kappa shape index (κ1) is 28.7. The lowest BCUT2D eigenvalue weighted by Gasteiger charge is -2.30. The fourth-order valence-corrected chi connectivity index (χ4v) is 6.91. The number of nitrogens with zero attached hydrogens (tertiary/aromatic N) is 2. The van der Waals surface area contributed by atoms with Crippen LogP contribution in [0.3, 0.4) is 0 Å². The molecular weight excluding hydrogens is 530 g/mol. The molecule has 2 atom stereocenters. The first-order valence-corrected chi connectivity index (χ1v) is 15.7. The van der Waals surface area contributed by atoms with Crippen LogP contribution < -0.4 is 9.62 Å². The molecule has 0 saturated heterocycles. The molecule has 1 aliphatic rings. The number of benzene rings is 3. The van der Waals surface area contributed by atoms with Crippen LogP contribution in [-0.4, -0.2) is 19.3 Å². The van der Waals surface area contributed by atoms with Gasteiger partial charge in [-0.2, -0.15) is 0 Å². The molecule has 1 N–H and O–H groups in total. The van der Waals surface area contributed by atoms with Crippen molar-refractivity contribution in [1.29, 1.82) is 0 Å². The smallest absolute Gasteiger partial charge is 0.241 e. The molecular formula is C34H37N3O3S. The van der Waals surface area contributed by atoms with Crippen LogP contribution >= 0.6 is 0 Å². The third-order valence-electron chi connectivity index (χ3n) is 7.77. The Kier molecular flexibility index (Phi) is 8.66. The van der Waals surface area contributed by atoms with Crippen molar-refractivity contribution < 1.29 is 13.2 Å². The molecule has 4 aromatic rings. The average molecular weight is 568 g/mol. The van der Waals surface area contributed by atoms with Crippen molar-refractivity contribution >= 4 is 21.6 Å². The van der Waals surface area contributed by atoms with Gasteiger partial charge in [-0.15, -0.1) is 0 Å². The van der Waals surface area contributed by atoms with E-state index in [4.69, 9.17) is 0 Å². The van der Waals surface area contributed by atoms with Gasteiger partial charge in [0.2, 0.25) is 15.9 Å². The van der Waals surface area contributed by atoms with Gasteiger partial charge in [-0.3, -0.25) is 9.78 Å². The van der Waals surface area contributed by atoms with E-state index in [1.54, 1.807) is 23.1 Å². The van der Waals surface area contributed by atoms with Crippen LogP contribution in [0, 0.1) is 13.8 Å². The monoisotopic (exact) mass is 567 g/mol. The van der Waals surface area contributed by atoms with Crippen LogP contribution in [0.1, 0.15) is 71.8 Å². The van der Waals surface area contributed by atoms with Gasteiger partial charge in [0.1, 0.15) is 0 Å². The fraction of sp³-hybridized carbons (Fsp3) is 0.294. The van der Waals surface area contributed by atoms with E-state index < -0.39 is 10.0 Å². The van der Waals surface area contributed by atoms with Gasteiger partial charge in [-0.05, 0) is 97.7 Å². The SMILES string of the molecule is Cc1cccc(S(=O)(=O)N[C@@H]2CCCc3ccc(N(Cc4cccc(C)n4)C(=O)C[C@H](C)c4ccccc4)cc32)c1. The van der Waals surface area contributed by atoms with Gasteiger partial charge < -0.3 is 4.90 Å². The molecule has 0 bridgehead atoms. The van der Waals surface area contributed by atoms with Crippen molar-refractivity contribution in [3.05, 3.63) is 125 Å². The summed E-state index contributed by atoms with van der Waals surface area (Å²) < 4.78 is 29.6. The van der Waals surface area contributed by atoms with E-state index in [9.17, 15) is 13.2 Å². The first-order valence-electron chi connectivity index (χ1n) is 14.2. The first-order chi connectivity index (χ1) is 19.7. The number of hydrogen-bond acceptors (Lipinski definition) is 4. The number of carbonyl (C=O) groups is 1. The molecule has 1 aromatic heterocycles. The average Bonchev–Trinajstić information content (AvgIpc) is 2.96. The van der Waals surface area contributed by atoms with Crippen LogP contribution in [-0.2, 0) is 27.8 Å². The van der Waals surface area contributed by atoms with Crippen LogP contribution in [0.2, 0.25) is 0 Å². The Labute approximate surface area is 243 Å². The maximum Gasteiger partial charge on any atom is 0.241 e. The molecule has 6 nitrogen and oxygen atoms in total. The van der Waals surface area contributed by atoms with Crippen LogP contribution in [0.25, 0.3) is 0 Å². The second-order valence-electron chi connectivity index (χ2n) is 11.0. The number of carbonyl (C=O) groups excluding carboxylic acids is 1. The van der Waals surface area contributed by atoms with Crippen LogP contribution in [0.15, 0.2) is 95.9 Å². The Morgan fingerprint density at radius 3 is 2.51 bits per heavy atom. The zero-order valence-corrected chi connectivity index (χ0v) is 24.7. The number of sulfonamides is 1. The maximum atomic E-state index is 13.9. The van der Waals surface area contributed by atoms with Crippen molar-refractivity contribution in [2.75, 3.05) is 4.90 Å². The number of amides is 1. The molecule has 7 heteroatoms. The maximum absolute atomic E-state index is 13.9. The summed E-state index contributed by atoms with van der Waals surface area (Å²) in [7, 11) is -3.71. The number of fused-ring (bicyclic) bond motifs is 1. The standard InChI is InChI=1S/C34H37N3O3S/c1-24-10-7-16-31(20-24)41(39,40)36-33-17-9-14-28-18-19-30(22-32(28)33)37(23-29-15-8-11-26(3)35-29)34(38)21-25(2)27-12-5-4-6-13-27/h4-8,10-13,15-16,18-20,22,25,33,36H,9,14,17,21,23H2,1-3H3/t25-,33+/m0/s1. The van der Waals surface area contributed by atoms with Gasteiger partial charge in [-0.25, -0.2) is 13.1 Å². The molecule has 0 aliphatic heterocycles. The van der Waals surface area contributed by atoms with Crippen LogP contribution in [0.5, 0.6) is 0 Å². The molecule has 0 fully saturated rings.